The molecule has 98 valence electrons. The summed E-state index contributed by atoms with van der Waals surface area (Å²) in [4.78, 5) is 28.0. The molecule has 0 heterocycles. The highest BCUT2D eigenvalue weighted by Crippen LogP contribution is 2.32. The van der Waals surface area contributed by atoms with E-state index in [0.717, 1.165) is 24.3 Å². The van der Waals surface area contributed by atoms with Crippen molar-refractivity contribution < 1.29 is 33.0 Å². The highest BCUT2D eigenvalue weighted by atomic mass is 31.2. The number of carbonyl (C=O) groups is 1. The van der Waals surface area contributed by atoms with Crippen LogP contribution < -0.4 is 10.4 Å². The van der Waals surface area contributed by atoms with Crippen LogP contribution >= 0.6 is 7.60 Å². The van der Waals surface area contributed by atoms with Gasteiger partial charge in [-0.1, -0.05) is 12.1 Å². The topological polar surface area (TPSA) is 97.7 Å². The van der Waals surface area contributed by atoms with E-state index in [2.05, 4.69) is 0 Å². The van der Waals surface area contributed by atoms with Gasteiger partial charge < -0.3 is 19.7 Å². The third kappa shape index (κ3) is 3.73. The smallest absolute Gasteiger partial charge is 0.356 e. The van der Waals surface area contributed by atoms with Gasteiger partial charge in [0, 0.05) is 5.57 Å². The number of hydrogen-bond donors (Lipinski definition) is 2. The molecule has 2 N–H and O–H groups in total. The molecule has 18 heavy (non-hydrogen) atoms. The van der Waals surface area contributed by atoms with Crippen molar-refractivity contribution in [2.75, 3.05) is 0 Å². The standard InChI is InChI=1S/C10H9F2O5P/c11-9(12)8(10(13)14)5-6-1-3-7(4-2-6)18(15,16)17/h1-5,9H,(H,13,14)(H2,15,16,17)/p-1. The lowest BCUT2D eigenvalue weighted by atomic mass is 10.1. The number of hydrogen-bond acceptors (Lipinski definition) is 3. The number of alkyl halides is 2. The molecule has 0 fully saturated rings. The Morgan fingerprint density at radius 1 is 1.28 bits per heavy atom. The maximum atomic E-state index is 12.3. The summed E-state index contributed by atoms with van der Waals surface area (Å²) in [5.74, 6) is -2.00. The number of benzene rings is 1. The monoisotopic (exact) mass is 277 g/mol. The van der Waals surface area contributed by atoms with E-state index in [0.29, 0.717) is 6.08 Å². The quantitative estimate of drug-likeness (QED) is 0.591. The van der Waals surface area contributed by atoms with Gasteiger partial charge in [0.15, 0.2) is 0 Å². The van der Waals surface area contributed by atoms with Crippen LogP contribution in [0.15, 0.2) is 29.8 Å². The zero-order valence-corrected chi connectivity index (χ0v) is 9.68. The second kappa shape index (κ2) is 5.39. The van der Waals surface area contributed by atoms with Crippen LogP contribution in [0.5, 0.6) is 0 Å². The maximum absolute atomic E-state index is 12.3. The second-order valence-corrected chi connectivity index (χ2v) is 4.93. The molecule has 0 aliphatic rings. The predicted octanol–water partition coefficient (Wildman–Crippen LogP) is -0.112. The third-order valence-corrected chi connectivity index (χ3v) is 2.99. The molecule has 1 aromatic carbocycles. The van der Waals surface area contributed by atoms with Gasteiger partial charge in [0.1, 0.15) is 0 Å². The Morgan fingerprint density at radius 2 is 1.78 bits per heavy atom. The first-order chi connectivity index (χ1) is 8.21. The van der Waals surface area contributed by atoms with Crippen molar-refractivity contribution in [3.63, 3.8) is 0 Å². The molecule has 0 unspecified atom stereocenters. The van der Waals surface area contributed by atoms with E-state index < -0.39 is 25.6 Å². The van der Waals surface area contributed by atoms with Crippen molar-refractivity contribution in [3.8, 4) is 0 Å². The number of carboxylic acid groups (broad SMARTS) is 1. The minimum Gasteiger partial charge on any atom is -0.545 e. The molecule has 0 saturated heterocycles. The van der Waals surface area contributed by atoms with E-state index in [4.69, 9.17) is 9.79 Å². The Hall–Kier alpha value is -1.56. The van der Waals surface area contributed by atoms with Gasteiger partial charge in [-0.2, -0.15) is 0 Å². The van der Waals surface area contributed by atoms with Crippen LogP contribution in [0.3, 0.4) is 0 Å². The molecule has 0 saturated carbocycles. The van der Waals surface area contributed by atoms with Crippen molar-refractivity contribution in [2.45, 2.75) is 6.43 Å². The first-order valence-corrected chi connectivity index (χ1v) is 6.20. The lowest BCUT2D eigenvalue weighted by Crippen LogP contribution is -2.27. The number of halogens is 2. The SMILES string of the molecule is O=C([O-])C(=Cc1ccc(P(=O)(O)O)cc1)C(F)F. The van der Waals surface area contributed by atoms with Gasteiger partial charge in [-0.05, 0) is 23.8 Å². The largest absolute Gasteiger partial charge is 0.545 e. The fraction of sp³-hybridized carbons (Fsp3) is 0.100. The molecule has 5 nitrogen and oxygen atoms in total. The Bertz CT molecular complexity index is 518. The molecule has 1 aromatic rings. The van der Waals surface area contributed by atoms with E-state index in [1.54, 1.807) is 0 Å². The van der Waals surface area contributed by atoms with Crippen LogP contribution in [0.4, 0.5) is 8.78 Å². The van der Waals surface area contributed by atoms with Gasteiger partial charge in [-0.3, -0.25) is 4.57 Å². The van der Waals surface area contributed by atoms with Crippen molar-refractivity contribution >= 4 is 24.9 Å². The normalized spacial score (nSPS) is 12.8. The van der Waals surface area contributed by atoms with E-state index >= 15 is 0 Å². The molecular formula is C10H8F2O5P-. The molecule has 0 aromatic heterocycles. The molecule has 1 rings (SSSR count). The highest BCUT2D eigenvalue weighted by molar-refractivity contribution is 7.60. The summed E-state index contributed by atoms with van der Waals surface area (Å²) in [5.41, 5.74) is -1.12. The first kappa shape index (κ1) is 14.5. The number of rotatable bonds is 4. The van der Waals surface area contributed by atoms with E-state index in [-0.39, 0.29) is 10.9 Å². The maximum Gasteiger partial charge on any atom is 0.356 e. The first-order valence-electron chi connectivity index (χ1n) is 4.59. The molecule has 0 amide bonds. The molecule has 0 aliphatic carbocycles. The number of aliphatic carboxylic acids is 1. The average Bonchev–Trinajstić information content (AvgIpc) is 2.24. The van der Waals surface area contributed by atoms with Crippen molar-refractivity contribution in [1.29, 1.82) is 0 Å². The minimum absolute atomic E-state index is 0.0756. The molecule has 0 radical (unpaired) electrons. The number of carboxylic acids is 1. The van der Waals surface area contributed by atoms with Gasteiger partial charge >= 0.3 is 7.60 Å². The second-order valence-electron chi connectivity index (χ2n) is 3.32. The van der Waals surface area contributed by atoms with Crippen molar-refractivity contribution in [3.05, 3.63) is 35.4 Å². The Morgan fingerprint density at radius 3 is 2.11 bits per heavy atom. The van der Waals surface area contributed by atoms with E-state index in [1.807, 2.05) is 0 Å². The van der Waals surface area contributed by atoms with Gasteiger partial charge in [0.05, 0.1) is 11.3 Å². The summed E-state index contributed by atoms with van der Waals surface area (Å²) < 4.78 is 35.4. The zero-order valence-electron chi connectivity index (χ0n) is 8.79. The lowest BCUT2D eigenvalue weighted by Gasteiger charge is -2.08. The molecular weight excluding hydrogens is 269 g/mol. The Labute approximate surface area is 101 Å². The van der Waals surface area contributed by atoms with Crippen molar-refractivity contribution in [2.24, 2.45) is 0 Å². The third-order valence-electron chi connectivity index (χ3n) is 2.02. The van der Waals surface area contributed by atoms with Gasteiger partial charge in [0.25, 0.3) is 6.43 Å². The zero-order chi connectivity index (χ0) is 13.9. The van der Waals surface area contributed by atoms with E-state index in [9.17, 15) is 23.2 Å². The molecule has 0 atom stereocenters. The van der Waals surface area contributed by atoms with Crippen molar-refractivity contribution in [1.82, 2.24) is 0 Å². The summed E-state index contributed by atoms with van der Waals surface area (Å²) >= 11 is 0. The van der Waals surface area contributed by atoms with Crippen LogP contribution in [0.25, 0.3) is 6.08 Å². The van der Waals surface area contributed by atoms with Crippen LogP contribution in [0.2, 0.25) is 0 Å². The van der Waals surface area contributed by atoms with Gasteiger partial charge in [0.2, 0.25) is 0 Å². The summed E-state index contributed by atoms with van der Waals surface area (Å²) in [5, 5.41) is 10.1. The summed E-state index contributed by atoms with van der Waals surface area (Å²) in [6, 6.07) is 4.31. The summed E-state index contributed by atoms with van der Waals surface area (Å²) in [7, 11) is -4.41. The fourth-order valence-electron chi connectivity index (χ4n) is 1.16. The molecule has 0 aliphatic heterocycles. The van der Waals surface area contributed by atoms with Gasteiger partial charge in [-0.25, -0.2) is 8.78 Å². The highest BCUT2D eigenvalue weighted by Gasteiger charge is 2.16. The molecule has 0 spiro atoms. The minimum atomic E-state index is -4.41. The van der Waals surface area contributed by atoms with Crippen LogP contribution in [-0.2, 0) is 9.36 Å². The predicted molar refractivity (Wildman–Crippen MR) is 57.1 cm³/mol. The molecule has 8 heteroatoms. The Balaban J connectivity index is 3.09. The van der Waals surface area contributed by atoms with Gasteiger partial charge in [-0.15, -0.1) is 0 Å². The fourth-order valence-corrected chi connectivity index (χ4v) is 1.69. The Kier molecular flexibility index (Phi) is 4.34. The van der Waals surface area contributed by atoms with Crippen LogP contribution in [0.1, 0.15) is 5.56 Å². The molecule has 0 bridgehead atoms. The van der Waals surface area contributed by atoms with E-state index in [1.165, 1.54) is 0 Å². The number of carbonyl (C=O) groups excluding carboxylic acids is 1. The summed E-state index contributed by atoms with van der Waals surface area (Å²) in [6.07, 6.45) is -2.51. The average molecular weight is 277 g/mol. The van der Waals surface area contributed by atoms with Crippen LogP contribution in [-0.4, -0.2) is 22.2 Å². The summed E-state index contributed by atoms with van der Waals surface area (Å²) in [6.45, 7) is 0. The van der Waals surface area contributed by atoms with Crippen LogP contribution in [0, 0.1) is 0 Å². The lowest BCUT2D eigenvalue weighted by molar-refractivity contribution is -0.300.